The highest BCUT2D eigenvalue weighted by Gasteiger charge is 2.35. The van der Waals surface area contributed by atoms with E-state index >= 15 is 0 Å². The topological polar surface area (TPSA) is 78.9 Å². The van der Waals surface area contributed by atoms with E-state index in [-0.39, 0.29) is 36.4 Å². The molecular weight excluding hydrogens is 344 g/mol. The smallest absolute Gasteiger partial charge is 0.227 e. The summed E-state index contributed by atoms with van der Waals surface area (Å²) in [6.45, 7) is 4.66. The van der Waals surface area contributed by atoms with Gasteiger partial charge in [-0.1, -0.05) is 18.2 Å². The molecule has 6 nitrogen and oxygen atoms in total. The molecule has 0 spiro atoms. The summed E-state index contributed by atoms with van der Waals surface area (Å²) in [6, 6.07) is 10.8. The maximum atomic E-state index is 12.5. The van der Waals surface area contributed by atoms with Crippen molar-refractivity contribution < 1.29 is 19.4 Å². The largest absolute Gasteiger partial charge is 0.504 e. The first kappa shape index (κ1) is 18.8. The van der Waals surface area contributed by atoms with Crippen LogP contribution in [0.5, 0.6) is 11.5 Å². The second-order valence-corrected chi connectivity index (χ2v) is 6.85. The van der Waals surface area contributed by atoms with E-state index in [0.717, 1.165) is 22.4 Å². The maximum absolute atomic E-state index is 12.5. The number of aryl methyl sites for hydroxylation is 1. The second-order valence-electron chi connectivity index (χ2n) is 6.85. The van der Waals surface area contributed by atoms with Crippen LogP contribution in [0.3, 0.4) is 0 Å². The molecule has 0 bridgehead atoms. The molecule has 142 valence electrons. The standard InChI is InChI=1S/C21H24N2O4/c1-13-5-4-6-17(14(13)2)23-12-16(10-20(23)25)21(26)22-11-15-7-8-19(27-3)18(24)9-15/h4-9,16,24H,10-12H2,1-3H3,(H,22,26)/t16-/m0/s1. The lowest BCUT2D eigenvalue weighted by Gasteiger charge is -2.20. The van der Waals surface area contributed by atoms with Crippen molar-refractivity contribution in [1.29, 1.82) is 0 Å². The number of phenols is 1. The van der Waals surface area contributed by atoms with Crippen molar-refractivity contribution in [2.24, 2.45) is 5.92 Å². The molecule has 0 aliphatic carbocycles. The zero-order valence-electron chi connectivity index (χ0n) is 15.8. The predicted octanol–water partition coefficient (Wildman–Crippen LogP) is 2.69. The van der Waals surface area contributed by atoms with Crippen LogP contribution in [0.25, 0.3) is 0 Å². The lowest BCUT2D eigenvalue weighted by atomic mass is 10.1. The highest BCUT2D eigenvalue weighted by atomic mass is 16.5. The Morgan fingerprint density at radius 2 is 2.07 bits per heavy atom. The van der Waals surface area contributed by atoms with Crippen LogP contribution in [0.2, 0.25) is 0 Å². The van der Waals surface area contributed by atoms with Crippen LogP contribution in [0.15, 0.2) is 36.4 Å². The number of hydrogen-bond donors (Lipinski definition) is 2. The molecule has 27 heavy (non-hydrogen) atoms. The molecule has 2 amide bonds. The molecule has 1 aliphatic rings. The molecule has 0 radical (unpaired) electrons. The monoisotopic (exact) mass is 368 g/mol. The molecule has 0 aromatic heterocycles. The number of carbonyl (C=O) groups is 2. The number of ether oxygens (including phenoxy) is 1. The van der Waals surface area contributed by atoms with Crippen molar-refractivity contribution in [3.63, 3.8) is 0 Å². The van der Waals surface area contributed by atoms with E-state index in [9.17, 15) is 14.7 Å². The van der Waals surface area contributed by atoms with E-state index in [4.69, 9.17) is 4.74 Å². The fraction of sp³-hybridized carbons (Fsp3) is 0.333. The Kier molecular flexibility index (Phi) is 5.35. The highest BCUT2D eigenvalue weighted by Crippen LogP contribution is 2.30. The summed E-state index contributed by atoms with van der Waals surface area (Å²) in [7, 11) is 1.48. The number of benzene rings is 2. The number of anilines is 1. The number of carbonyl (C=O) groups excluding carboxylic acids is 2. The molecule has 1 heterocycles. The molecule has 2 aromatic rings. The first-order valence-corrected chi connectivity index (χ1v) is 8.91. The molecule has 1 fully saturated rings. The van der Waals surface area contributed by atoms with Gasteiger partial charge in [0, 0.05) is 25.2 Å². The normalized spacial score (nSPS) is 16.5. The first-order chi connectivity index (χ1) is 12.9. The van der Waals surface area contributed by atoms with Crippen LogP contribution in [0.1, 0.15) is 23.1 Å². The molecule has 0 unspecified atom stereocenters. The molecular formula is C21H24N2O4. The van der Waals surface area contributed by atoms with Gasteiger partial charge in [0.1, 0.15) is 0 Å². The minimum absolute atomic E-state index is 0.0291. The number of nitrogens with zero attached hydrogens (tertiary/aromatic N) is 1. The molecule has 0 saturated carbocycles. The summed E-state index contributed by atoms with van der Waals surface area (Å²) in [5.74, 6) is -0.168. The van der Waals surface area contributed by atoms with Gasteiger partial charge in [-0.2, -0.15) is 0 Å². The van der Waals surface area contributed by atoms with Crippen LogP contribution < -0.4 is 15.0 Å². The van der Waals surface area contributed by atoms with Crippen LogP contribution in [-0.4, -0.2) is 30.6 Å². The third-order valence-electron chi connectivity index (χ3n) is 5.07. The third kappa shape index (κ3) is 3.89. The Balaban J connectivity index is 1.64. The summed E-state index contributed by atoms with van der Waals surface area (Å²) in [6.07, 6.45) is 0.201. The molecule has 1 atom stereocenters. The Hall–Kier alpha value is -3.02. The zero-order valence-corrected chi connectivity index (χ0v) is 15.8. The van der Waals surface area contributed by atoms with Gasteiger partial charge in [-0.05, 0) is 48.7 Å². The molecule has 1 saturated heterocycles. The fourth-order valence-electron chi connectivity index (χ4n) is 3.32. The summed E-state index contributed by atoms with van der Waals surface area (Å²) in [4.78, 5) is 26.7. The summed E-state index contributed by atoms with van der Waals surface area (Å²) >= 11 is 0. The molecule has 2 aromatic carbocycles. The van der Waals surface area contributed by atoms with E-state index in [0.29, 0.717) is 12.3 Å². The second kappa shape index (κ2) is 7.70. The van der Waals surface area contributed by atoms with Crippen LogP contribution in [0, 0.1) is 19.8 Å². The summed E-state index contributed by atoms with van der Waals surface area (Å²) in [5.41, 5.74) is 3.81. The van der Waals surface area contributed by atoms with Crippen LogP contribution in [-0.2, 0) is 16.1 Å². The molecule has 1 aliphatic heterocycles. The predicted molar refractivity (Wildman–Crippen MR) is 103 cm³/mol. The average Bonchev–Trinajstić information content (AvgIpc) is 3.04. The Bertz CT molecular complexity index is 878. The van der Waals surface area contributed by atoms with Crippen molar-refractivity contribution in [3.05, 3.63) is 53.1 Å². The van der Waals surface area contributed by atoms with Gasteiger partial charge < -0.3 is 20.1 Å². The Morgan fingerprint density at radius 3 is 2.78 bits per heavy atom. The average molecular weight is 368 g/mol. The van der Waals surface area contributed by atoms with Gasteiger partial charge in [-0.25, -0.2) is 0 Å². The number of rotatable bonds is 5. The van der Waals surface area contributed by atoms with Crippen molar-refractivity contribution in [3.8, 4) is 11.5 Å². The van der Waals surface area contributed by atoms with Gasteiger partial charge in [0.25, 0.3) is 0 Å². The van der Waals surface area contributed by atoms with Gasteiger partial charge in [0.05, 0.1) is 13.0 Å². The number of methoxy groups -OCH3 is 1. The van der Waals surface area contributed by atoms with Crippen molar-refractivity contribution in [2.75, 3.05) is 18.6 Å². The SMILES string of the molecule is COc1ccc(CNC(=O)[C@H]2CC(=O)N(c3cccc(C)c3C)C2)cc1O. The Morgan fingerprint density at radius 1 is 1.30 bits per heavy atom. The van der Waals surface area contributed by atoms with E-state index in [1.807, 2.05) is 32.0 Å². The fourth-order valence-corrected chi connectivity index (χ4v) is 3.32. The first-order valence-electron chi connectivity index (χ1n) is 8.91. The number of amides is 2. The van der Waals surface area contributed by atoms with Crippen LogP contribution >= 0.6 is 0 Å². The lowest BCUT2D eigenvalue weighted by molar-refractivity contribution is -0.126. The highest BCUT2D eigenvalue weighted by molar-refractivity contribution is 6.00. The van der Waals surface area contributed by atoms with E-state index in [1.165, 1.54) is 7.11 Å². The minimum atomic E-state index is -0.385. The molecule has 2 N–H and O–H groups in total. The van der Waals surface area contributed by atoms with E-state index < -0.39 is 0 Å². The van der Waals surface area contributed by atoms with Gasteiger partial charge in [0.15, 0.2) is 11.5 Å². The number of nitrogens with one attached hydrogen (secondary N) is 1. The van der Waals surface area contributed by atoms with Crippen LogP contribution in [0.4, 0.5) is 5.69 Å². The summed E-state index contributed by atoms with van der Waals surface area (Å²) in [5, 5.41) is 12.7. The zero-order chi connectivity index (χ0) is 19.6. The summed E-state index contributed by atoms with van der Waals surface area (Å²) < 4.78 is 5.01. The third-order valence-corrected chi connectivity index (χ3v) is 5.07. The van der Waals surface area contributed by atoms with Crippen molar-refractivity contribution in [1.82, 2.24) is 5.32 Å². The number of phenolic OH excluding ortho intramolecular Hbond substituents is 1. The number of aromatic hydroxyl groups is 1. The van der Waals surface area contributed by atoms with E-state index in [1.54, 1.807) is 23.1 Å². The van der Waals surface area contributed by atoms with Gasteiger partial charge >= 0.3 is 0 Å². The molecule has 6 heteroatoms. The quantitative estimate of drug-likeness (QED) is 0.850. The van der Waals surface area contributed by atoms with Crippen molar-refractivity contribution >= 4 is 17.5 Å². The Labute approximate surface area is 158 Å². The lowest BCUT2D eigenvalue weighted by Crippen LogP contribution is -2.32. The van der Waals surface area contributed by atoms with Gasteiger partial charge in [-0.3, -0.25) is 9.59 Å². The van der Waals surface area contributed by atoms with Gasteiger partial charge in [0.2, 0.25) is 11.8 Å². The molecule has 3 rings (SSSR count). The van der Waals surface area contributed by atoms with E-state index in [2.05, 4.69) is 5.32 Å². The van der Waals surface area contributed by atoms with Gasteiger partial charge in [-0.15, -0.1) is 0 Å². The maximum Gasteiger partial charge on any atom is 0.227 e. The minimum Gasteiger partial charge on any atom is -0.504 e. The van der Waals surface area contributed by atoms with Crippen molar-refractivity contribution in [2.45, 2.75) is 26.8 Å². The number of hydrogen-bond acceptors (Lipinski definition) is 4.